The topological polar surface area (TPSA) is 44.5 Å². The molecule has 3 heteroatoms. The molecule has 0 saturated carbocycles. The highest BCUT2D eigenvalue weighted by Crippen LogP contribution is 2.20. The van der Waals surface area contributed by atoms with E-state index in [0.29, 0.717) is 19.8 Å². The first-order chi connectivity index (χ1) is 8.77. The lowest BCUT2D eigenvalue weighted by molar-refractivity contribution is 0.0977. The van der Waals surface area contributed by atoms with Crippen LogP contribution >= 0.6 is 0 Å². The van der Waals surface area contributed by atoms with Crippen molar-refractivity contribution >= 4 is 0 Å². The molecule has 0 bridgehead atoms. The van der Waals surface area contributed by atoms with Crippen LogP contribution in [0.2, 0.25) is 0 Å². The van der Waals surface area contributed by atoms with E-state index in [2.05, 4.69) is 26.0 Å². The number of rotatable bonds is 9. The van der Waals surface area contributed by atoms with Gasteiger partial charge >= 0.3 is 0 Å². The molecule has 0 radical (unpaired) electrons. The van der Waals surface area contributed by atoms with Gasteiger partial charge in [-0.05, 0) is 37.9 Å². The number of hydrogen-bond acceptors (Lipinski definition) is 3. The fourth-order valence-electron chi connectivity index (χ4n) is 1.76. The molecular weight excluding hydrogens is 226 g/mol. The van der Waals surface area contributed by atoms with Crippen molar-refractivity contribution in [3.05, 3.63) is 29.3 Å². The molecule has 0 atom stereocenters. The van der Waals surface area contributed by atoms with Gasteiger partial charge in [-0.25, -0.2) is 0 Å². The predicted molar refractivity (Wildman–Crippen MR) is 75.2 cm³/mol. The molecule has 3 nitrogen and oxygen atoms in total. The van der Waals surface area contributed by atoms with Crippen molar-refractivity contribution in [1.29, 1.82) is 0 Å². The molecule has 0 unspecified atom stereocenters. The SMILES string of the molecule is CCCCOCCOc1ccc(C)cc1CCN. The van der Waals surface area contributed by atoms with Crippen LogP contribution in [-0.4, -0.2) is 26.4 Å². The Kier molecular flexibility index (Phi) is 7.46. The van der Waals surface area contributed by atoms with E-state index < -0.39 is 0 Å². The molecular formula is C15H25NO2. The first-order valence-electron chi connectivity index (χ1n) is 6.78. The smallest absolute Gasteiger partial charge is 0.122 e. The van der Waals surface area contributed by atoms with Crippen LogP contribution in [0.15, 0.2) is 18.2 Å². The molecule has 0 aliphatic carbocycles. The Morgan fingerprint density at radius 2 is 2.00 bits per heavy atom. The van der Waals surface area contributed by atoms with E-state index in [4.69, 9.17) is 15.2 Å². The monoisotopic (exact) mass is 251 g/mol. The van der Waals surface area contributed by atoms with E-state index in [1.165, 1.54) is 17.5 Å². The second-order valence-corrected chi connectivity index (χ2v) is 4.46. The summed E-state index contributed by atoms with van der Waals surface area (Å²) in [6, 6.07) is 6.22. The lowest BCUT2D eigenvalue weighted by Gasteiger charge is -2.12. The summed E-state index contributed by atoms with van der Waals surface area (Å²) in [5.74, 6) is 0.935. The van der Waals surface area contributed by atoms with Crippen molar-refractivity contribution < 1.29 is 9.47 Å². The van der Waals surface area contributed by atoms with E-state index in [0.717, 1.165) is 25.2 Å². The number of ether oxygens (including phenoxy) is 2. The Morgan fingerprint density at radius 1 is 1.17 bits per heavy atom. The van der Waals surface area contributed by atoms with Crippen molar-refractivity contribution in [2.75, 3.05) is 26.4 Å². The van der Waals surface area contributed by atoms with Crippen LogP contribution in [0.4, 0.5) is 0 Å². The standard InChI is InChI=1S/C15H25NO2/c1-3-4-9-17-10-11-18-15-6-5-13(2)12-14(15)7-8-16/h5-6,12H,3-4,7-11,16H2,1-2H3. The Hall–Kier alpha value is -1.06. The second-order valence-electron chi connectivity index (χ2n) is 4.46. The van der Waals surface area contributed by atoms with Crippen LogP contribution in [0.5, 0.6) is 5.75 Å². The summed E-state index contributed by atoms with van der Waals surface area (Å²) in [5.41, 5.74) is 8.04. The molecule has 0 spiro atoms. The van der Waals surface area contributed by atoms with Crippen LogP contribution in [0.3, 0.4) is 0 Å². The van der Waals surface area contributed by atoms with Crippen molar-refractivity contribution in [3.63, 3.8) is 0 Å². The zero-order valence-electron chi connectivity index (χ0n) is 11.6. The van der Waals surface area contributed by atoms with E-state index in [1.54, 1.807) is 0 Å². The summed E-state index contributed by atoms with van der Waals surface area (Å²) in [6.45, 7) is 6.96. The van der Waals surface area contributed by atoms with Gasteiger partial charge in [-0.15, -0.1) is 0 Å². The minimum Gasteiger partial charge on any atom is -0.491 e. The van der Waals surface area contributed by atoms with Crippen molar-refractivity contribution in [1.82, 2.24) is 0 Å². The molecule has 0 heterocycles. The maximum absolute atomic E-state index is 5.74. The van der Waals surface area contributed by atoms with Crippen LogP contribution in [-0.2, 0) is 11.2 Å². The van der Waals surface area contributed by atoms with Crippen LogP contribution in [0.25, 0.3) is 0 Å². The molecule has 1 aromatic carbocycles. The summed E-state index contributed by atoms with van der Waals surface area (Å²) in [6.07, 6.45) is 3.14. The maximum atomic E-state index is 5.74. The number of nitrogens with two attached hydrogens (primary N) is 1. The molecule has 0 saturated heterocycles. The first kappa shape index (κ1) is 15.0. The molecule has 0 amide bonds. The number of aryl methyl sites for hydroxylation is 1. The zero-order chi connectivity index (χ0) is 13.2. The number of benzene rings is 1. The summed E-state index contributed by atoms with van der Waals surface area (Å²) >= 11 is 0. The fraction of sp³-hybridized carbons (Fsp3) is 0.600. The minimum atomic E-state index is 0.602. The molecule has 1 aromatic rings. The summed E-state index contributed by atoms with van der Waals surface area (Å²) < 4.78 is 11.2. The van der Waals surface area contributed by atoms with Gasteiger partial charge in [-0.2, -0.15) is 0 Å². The molecule has 1 rings (SSSR count). The van der Waals surface area contributed by atoms with Crippen LogP contribution < -0.4 is 10.5 Å². The van der Waals surface area contributed by atoms with E-state index >= 15 is 0 Å². The highest BCUT2D eigenvalue weighted by Gasteiger charge is 2.03. The fourth-order valence-corrected chi connectivity index (χ4v) is 1.76. The van der Waals surface area contributed by atoms with Crippen molar-refractivity contribution in [2.24, 2.45) is 5.73 Å². The van der Waals surface area contributed by atoms with Gasteiger partial charge in [-0.1, -0.05) is 31.0 Å². The predicted octanol–water partition coefficient (Wildman–Crippen LogP) is 2.69. The first-order valence-corrected chi connectivity index (χ1v) is 6.78. The Bertz CT molecular complexity index is 339. The quantitative estimate of drug-likeness (QED) is 0.686. The van der Waals surface area contributed by atoms with Crippen molar-refractivity contribution in [2.45, 2.75) is 33.1 Å². The molecule has 0 aliphatic heterocycles. The number of unbranched alkanes of at least 4 members (excludes halogenated alkanes) is 1. The summed E-state index contributed by atoms with van der Waals surface area (Å²) in [4.78, 5) is 0. The van der Waals surface area contributed by atoms with Gasteiger partial charge in [0.2, 0.25) is 0 Å². The average Bonchev–Trinajstić information content (AvgIpc) is 2.36. The van der Waals surface area contributed by atoms with Crippen LogP contribution in [0.1, 0.15) is 30.9 Å². The lowest BCUT2D eigenvalue weighted by atomic mass is 10.1. The average molecular weight is 251 g/mol. The molecule has 0 aliphatic rings. The largest absolute Gasteiger partial charge is 0.491 e. The normalized spacial score (nSPS) is 10.6. The highest BCUT2D eigenvalue weighted by atomic mass is 16.5. The maximum Gasteiger partial charge on any atom is 0.122 e. The number of hydrogen-bond donors (Lipinski definition) is 1. The van der Waals surface area contributed by atoms with Crippen LogP contribution in [0, 0.1) is 6.92 Å². The van der Waals surface area contributed by atoms with Gasteiger partial charge in [0.1, 0.15) is 12.4 Å². The van der Waals surface area contributed by atoms with Crippen molar-refractivity contribution in [3.8, 4) is 5.75 Å². The highest BCUT2D eigenvalue weighted by molar-refractivity contribution is 5.37. The molecule has 0 aromatic heterocycles. The van der Waals surface area contributed by atoms with Gasteiger partial charge in [0.15, 0.2) is 0 Å². The van der Waals surface area contributed by atoms with Gasteiger partial charge in [0.05, 0.1) is 6.61 Å². The molecule has 0 fully saturated rings. The van der Waals surface area contributed by atoms with Gasteiger partial charge in [0, 0.05) is 6.61 Å². The van der Waals surface area contributed by atoms with E-state index in [-0.39, 0.29) is 0 Å². The third kappa shape index (κ3) is 5.52. The van der Waals surface area contributed by atoms with Gasteiger partial charge in [-0.3, -0.25) is 0 Å². The minimum absolute atomic E-state index is 0.602. The summed E-state index contributed by atoms with van der Waals surface area (Å²) in [7, 11) is 0. The Morgan fingerprint density at radius 3 is 2.72 bits per heavy atom. The summed E-state index contributed by atoms with van der Waals surface area (Å²) in [5, 5.41) is 0. The Labute approximate surface area is 110 Å². The zero-order valence-corrected chi connectivity index (χ0v) is 11.6. The molecule has 102 valence electrons. The third-order valence-corrected chi connectivity index (χ3v) is 2.76. The Balaban J connectivity index is 2.36. The third-order valence-electron chi connectivity index (χ3n) is 2.76. The van der Waals surface area contributed by atoms with E-state index in [1.807, 2.05) is 6.07 Å². The van der Waals surface area contributed by atoms with Gasteiger partial charge in [0.25, 0.3) is 0 Å². The van der Waals surface area contributed by atoms with E-state index in [9.17, 15) is 0 Å². The molecule has 18 heavy (non-hydrogen) atoms. The second kappa shape index (κ2) is 8.95. The lowest BCUT2D eigenvalue weighted by Crippen LogP contribution is -2.10. The van der Waals surface area contributed by atoms with Gasteiger partial charge < -0.3 is 15.2 Å². The molecule has 2 N–H and O–H groups in total.